The van der Waals surface area contributed by atoms with Gasteiger partial charge in [-0.25, -0.2) is 0 Å². The predicted molar refractivity (Wildman–Crippen MR) is 76.6 cm³/mol. The fourth-order valence-corrected chi connectivity index (χ4v) is 3.40. The Bertz CT molecular complexity index is 265. The van der Waals surface area contributed by atoms with Crippen molar-refractivity contribution in [2.24, 2.45) is 11.3 Å². The Morgan fingerprint density at radius 3 is 2.76 bits per heavy atom. The van der Waals surface area contributed by atoms with Gasteiger partial charge in [-0.3, -0.25) is 4.79 Å². The van der Waals surface area contributed by atoms with Crippen molar-refractivity contribution in [3.63, 3.8) is 0 Å². The standard InChI is InChI=1S/C14H27NOS/c1-11(10-17-5)15(4)9-12-7-6-8-14(2,3)13(12)16/h11-12H,6-10H2,1-5H3. The first-order chi connectivity index (χ1) is 7.88. The van der Waals surface area contributed by atoms with Crippen LogP contribution < -0.4 is 0 Å². The van der Waals surface area contributed by atoms with E-state index in [9.17, 15) is 4.79 Å². The lowest BCUT2D eigenvalue weighted by Gasteiger charge is -2.36. The third-order valence-electron chi connectivity index (χ3n) is 4.06. The molecular formula is C14H27NOS. The van der Waals surface area contributed by atoms with Gasteiger partial charge in [0.2, 0.25) is 0 Å². The van der Waals surface area contributed by atoms with Crippen molar-refractivity contribution in [3.8, 4) is 0 Å². The van der Waals surface area contributed by atoms with E-state index in [1.807, 2.05) is 11.8 Å². The number of carbonyl (C=O) groups is 1. The molecule has 1 saturated carbocycles. The van der Waals surface area contributed by atoms with E-state index in [4.69, 9.17) is 0 Å². The highest BCUT2D eigenvalue weighted by molar-refractivity contribution is 7.98. The van der Waals surface area contributed by atoms with Crippen LogP contribution in [-0.4, -0.2) is 42.3 Å². The molecule has 0 spiro atoms. The highest BCUT2D eigenvalue weighted by Crippen LogP contribution is 2.35. The van der Waals surface area contributed by atoms with Crippen LogP contribution in [0, 0.1) is 11.3 Å². The van der Waals surface area contributed by atoms with E-state index >= 15 is 0 Å². The maximum Gasteiger partial charge on any atom is 0.142 e. The summed E-state index contributed by atoms with van der Waals surface area (Å²) in [5.41, 5.74) is -0.0908. The Balaban J connectivity index is 2.53. The minimum atomic E-state index is -0.0908. The summed E-state index contributed by atoms with van der Waals surface area (Å²) in [5.74, 6) is 1.88. The third-order valence-corrected chi connectivity index (χ3v) is 4.88. The second-order valence-corrected chi connectivity index (χ2v) is 6.99. The van der Waals surface area contributed by atoms with Crippen LogP contribution in [0.1, 0.15) is 40.0 Å². The van der Waals surface area contributed by atoms with Crippen LogP contribution in [0.3, 0.4) is 0 Å². The highest BCUT2D eigenvalue weighted by atomic mass is 32.2. The van der Waals surface area contributed by atoms with Crippen molar-refractivity contribution >= 4 is 17.5 Å². The number of thioether (sulfide) groups is 1. The first kappa shape index (κ1) is 15.0. The van der Waals surface area contributed by atoms with Gasteiger partial charge in [-0.05, 0) is 33.1 Å². The van der Waals surface area contributed by atoms with E-state index in [1.165, 1.54) is 6.42 Å². The Hall–Kier alpha value is -0.0200. The van der Waals surface area contributed by atoms with Crippen LogP contribution in [-0.2, 0) is 4.79 Å². The molecular weight excluding hydrogens is 230 g/mol. The molecule has 17 heavy (non-hydrogen) atoms. The van der Waals surface area contributed by atoms with Crippen LogP contribution >= 0.6 is 11.8 Å². The highest BCUT2D eigenvalue weighted by Gasteiger charge is 2.37. The molecule has 0 N–H and O–H groups in total. The SMILES string of the molecule is CSCC(C)N(C)CC1CCCC(C)(C)C1=O. The molecule has 2 nitrogen and oxygen atoms in total. The summed E-state index contributed by atoms with van der Waals surface area (Å²) < 4.78 is 0. The Labute approximate surface area is 111 Å². The molecule has 0 aromatic carbocycles. The molecule has 0 amide bonds. The number of hydrogen-bond acceptors (Lipinski definition) is 3. The number of hydrogen-bond donors (Lipinski definition) is 0. The third kappa shape index (κ3) is 3.99. The van der Waals surface area contributed by atoms with E-state index in [0.717, 1.165) is 25.1 Å². The lowest BCUT2D eigenvalue weighted by atomic mass is 9.71. The minimum absolute atomic E-state index is 0.0908. The maximum atomic E-state index is 12.3. The Kier molecular flexibility index (Phi) is 5.52. The number of rotatable bonds is 5. The van der Waals surface area contributed by atoms with Crippen LogP contribution in [0.5, 0.6) is 0 Å². The molecule has 0 bridgehead atoms. The van der Waals surface area contributed by atoms with E-state index in [0.29, 0.717) is 11.8 Å². The number of carbonyl (C=O) groups excluding carboxylic acids is 1. The van der Waals surface area contributed by atoms with Crippen LogP contribution in [0.4, 0.5) is 0 Å². The molecule has 0 radical (unpaired) electrons. The first-order valence-electron chi connectivity index (χ1n) is 6.62. The number of ketones is 1. The molecule has 2 atom stereocenters. The smallest absolute Gasteiger partial charge is 0.142 e. The molecule has 1 fully saturated rings. The van der Waals surface area contributed by atoms with Gasteiger partial charge in [0.15, 0.2) is 0 Å². The van der Waals surface area contributed by atoms with Gasteiger partial charge in [0, 0.05) is 29.7 Å². The molecule has 1 aliphatic carbocycles. The molecule has 1 aliphatic rings. The second kappa shape index (κ2) is 6.24. The molecule has 0 aromatic heterocycles. The van der Waals surface area contributed by atoms with Gasteiger partial charge in [0.1, 0.15) is 5.78 Å². The maximum absolute atomic E-state index is 12.3. The molecule has 1 rings (SSSR count). The van der Waals surface area contributed by atoms with Crippen molar-refractivity contribution in [1.29, 1.82) is 0 Å². The van der Waals surface area contributed by atoms with E-state index in [1.54, 1.807) is 0 Å². The zero-order valence-corrected chi connectivity index (χ0v) is 12.8. The molecule has 0 heterocycles. The molecule has 0 saturated heterocycles. The molecule has 3 heteroatoms. The Morgan fingerprint density at radius 2 is 2.18 bits per heavy atom. The summed E-state index contributed by atoms with van der Waals surface area (Å²) in [6, 6.07) is 0.558. The molecule has 2 unspecified atom stereocenters. The van der Waals surface area contributed by atoms with E-state index < -0.39 is 0 Å². The fourth-order valence-electron chi connectivity index (χ4n) is 2.67. The van der Waals surface area contributed by atoms with E-state index in [-0.39, 0.29) is 11.3 Å². The van der Waals surface area contributed by atoms with Crippen LogP contribution in [0.25, 0.3) is 0 Å². The van der Waals surface area contributed by atoms with Crippen LogP contribution in [0.15, 0.2) is 0 Å². The summed E-state index contributed by atoms with van der Waals surface area (Å²) in [6.07, 6.45) is 5.48. The van der Waals surface area contributed by atoms with Gasteiger partial charge in [-0.15, -0.1) is 0 Å². The summed E-state index contributed by atoms with van der Waals surface area (Å²) in [7, 11) is 2.15. The van der Waals surface area contributed by atoms with E-state index in [2.05, 4.69) is 39.0 Å². The lowest BCUT2D eigenvalue weighted by molar-refractivity contribution is -0.135. The van der Waals surface area contributed by atoms with Crippen molar-refractivity contribution in [2.45, 2.75) is 46.1 Å². The van der Waals surface area contributed by atoms with Crippen LogP contribution in [0.2, 0.25) is 0 Å². The van der Waals surface area contributed by atoms with Crippen molar-refractivity contribution in [3.05, 3.63) is 0 Å². The fraction of sp³-hybridized carbons (Fsp3) is 0.929. The van der Waals surface area contributed by atoms with Gasteiger partial charge in [-0.2, -0.15) is 11.8 Å². The normalized spacial score (nSPS) is 26.2. The van der Waals surface area contributed by atoms with Gasteiger partial charge in [0.25, 0.3) is 0 Å². The van der Waals surface area contributed by atoms with Crippen molar-refractivity contribution < 1.29 is 4.79 Å². The summed E-state index contributed by atoms with van der Waals surface area (Å²) in [4.78, 5) is 14.7. The van der Waals surface area contributed by atoms with Gasteiger partial charge in [-0.1, -0.05) is 20.3 Å². The molecule has 0 aromatic rings. The van der Waals surface area contributed by atoms with Crippen molar-refractivity contribution in [2.75, 3.05) is 25.6 Å². The minimum Gasteiger partial charge on any atom is -0.302 e. The van der Waals surface area contributed by atoms with Gasteiger partial charge < -0.3 is 4.90 Å². The summed E-state index contributed by atoms with van der Waals surface area (Å²) >= 11 is 1.87. The predicted octanol–water partition coefficient (Wildman–Crippen LogP) is 3.07. The average Bonchev–Trinajstić information content (AvgIpc) is 2.25. The zero-order valence-electron chi connectivity index (χ0n) is 12.0. The second-order valence-electron chi connectivity index (χ2n) is 6.08. The van der Waals surface area contributed by atoms with Crippen molar-refractivity contribution in [1.82, 2.24) is 4.90 Å². The number of nitrogens with zero attached hydrogens (tertiary/aromatic N) is 1. The Morgan fingerprint density at radius 1 is 1.53 bits per heavy atom. The quantitative estimate of drug-likeness (QED) is 0.755. The largest absolute Gasteiger partial charge is 0.302 e. The molecule has 0 aliphatic heterocycles. The summed E-state index contributed by atoms with van der Waals surface area (Å²) in [5, 5.41) is 0. The zero-order chi connectivity index (χ0) is 13.1. The topological polar surface area (TPSA) is 20.3 Å². The molecule has 100 valence electrons. The number of Topliss-reactive ketones (excluding diaryl/α,β-unsaturated/α-hetero) is 1. The van der Waals surface area contributed by atoms with Gasteiger partial charge >= 0.3 is 0 Å². The monoisotopic (exact) mass is 257 g/mol. The van der Waals surface area contributed by atoms with Gasteiger partial charge in [0.05, 0.1) is 0 Å². The first-order valence-corrected chi connectivity index (χ1v) is 8.01. The average molecular weight is 257 g/mol. The lowest BCUT2D eigenvalue weighted by Crippen LogP contribution is -2.43. The summed E-state index contributed by atoms with van der Waals surface area (Å²) in [6.45, 7) is 7.39.